The number of hydrogen-bond donors (Lipinski definition) is 0. The third kappa shape index (κ3) is 3.45. The number of imide groups is 1. The molecule has 4 heteroatoms. The van der Waals surface area contributed by atoms with Crippen molar-refractivity contribution in [3.8, 4) is 0 Å². The van der Waals surface area contributed by atoms with Gasteiger partial charge < -0.3 is 4.74 Å². The first-order valence-corrected chi connectivity index (χ1v) is 7.12. The number of hydrogen-bond acceptors (Lipinski definition) is 3. The molecule has 4 nitrogen and oxygen atoms in total. The first-order valence-electron chi connectivity index (χ1n) is 7.12. The molecule has 108 valence electrons. The van der Waals surface area contributed by atoms with Gasteiger partial charge in [0.05, 0.1) is 0 Å². The molecule has 20 heavy (non-hydrogen) atoms. The van der Waals surface area contributed by atoms with E-state index >= 15 is 0 Å². The van der Waals surface area contributed by atoms with E-state index in [9.17, 15) is 9.59 Å². The van der Waals surface area contributed by atoms with Crippen molar-refractivity contribution >= 4 is 11.8 Å². The van der Waals surface area contributed by atoms with Crippen LogP contribution in [0.15, 0.2) is 30.3 Å². The van der Waals surface area contributed by atoms with Crippen LogP contribution in [0.2, 0.25) is 0 Å². The van der Waals surface area contributed by atoms with Crippen molar-refractivity contribution in [3.05, 3.63) is 35.9 Å². The fourth-order valence-corrected chi connectivity index (χ4v) is 2.22. The maximum absolute atomic E-state index is 12.4. The number of carbonyl (C=O) groups excluding carboxylic acids is 2. The molecule has 0 spiro atoms. The predicted molar refractivity (Wildman–Crippen MR) is 76.0 cm³/mol. The molecule has 0 radical (unpaired) electrons. The minimum Gasteiger partial charge on any atom is -0.358 e. The van der Waals surface area contributed by atoms with Crippen molar-refractivity contribution in [2.24, 2.45) is 5.92 Å². The van der Waals surface area contributed by atoms with Gasteiger partial charge in [-0.05, 0) is 24.5 Å². The Morgan fingerprint density at radius 1 is 1.35 bits per heavy atom. The Bertz CT molecular complexity index is 470. The van der Waals surface area contributed by atoms with Gasteiger partial charge in [0.15, 0.2) is 0 Å². The second kappa shape index (κ2) is 6.66. The zero-order valence-electron chi connectivity index (χ0n) is 12.0. The van der Waals surface area contributed by atoms with Crippen LogP contribution in [0.25, 0.3) is 0 Å². The van der Waals surface area contributed by atoms with Gasteiger partial charge in [-0.2, -0.15) is 0 Å². The van der Waals surface area contributed by atoms with Gasteiger partial charge in [-0.1, -0.05) is 32.0 Å². The van der Waals surface area contributed by atoms with E-state index in [-0.39, 0.29) is 11.8 Å². The van der Waals surface area contributed by atoms with Crippen LogP contribution in [0.5, 0.6) is 0 Å². The van der Waals surface area contributed by atoms with Crippen molar-refractivity contribution in [2.45, 2.75) is 39.3 Å². The van der Waals surface area contributed by atoms with E-state index in [2.05, 4.69) is 13.8 Å². The van der Waals surface area contributed by atoms with E-state index in [1.54, 1.807) is 24.3 Å². The van der Waals surface area contributed by atoms with Crippen molar-refractivity contribution in [2.75, 3.05) is 6.61 Å². The van der Waals surface area contributed by atoms with Crippen molar-refractivity contribution in [1.29, 1.82) is 0 Å². The molecule has 0 bridgehead atoms. The normalized spacial score (nSPS) is 18.9. The van der Waals surface area contributed by atoms with Gasteiger partial charge in [-0.3, -0.25) is 14.5 Å². The van der Waals surface area contributed by atoms with E-state index in [4.69, 9.17) is 4.74 Å². The Hall–Kier alpha value is -1.68. The lowest BCUT2D eigenvalue weighted by Gasteiger charge is -2.23. The largest absolute Gasteiger partial charge is 0.358 e. The van der Waals surface area contributed by atoms with Crippen LogP contribution in [0.1, 0.15) is 43.5 Å². The maximum atomic E-state index is 12.4. The minimum atomic E-state index is -0.408. The van der Waals surface area contributed by atoms with Gasteiger partial charge in [-0.25, -0.2) is 0 Å². The Morgan fingerprint density at radius 3 is 2.70 bits per heavy atom. The summed E-state index contributed by atoms with van der Waals surface area (Å²) >= 11 is 0. The second-order valence-electron chi connectivity index (χ2n) is 5.48. The number of ether oxygens (including phenoxy) is 1. The standard InChI is InChI=1S/C16H21NO3/c1-12(2)10-11-20-15-9-8-14(18)17(15)16(19)13-6-4-3-5-7-13/h3-7,12,15H,8-11H2,1-2H3. The topological polar surface area (TPSA) is 46.6 Å². The van der Waals surface area contributed by atoms with Crippen LogP contribution in [0, 0.1) is 5.92 Å². The summed E-state index contributed by atoms with van der Waals surface area (Å²) in [5.74, 6) is 0.140. The molecular formula is C16H21NO3. The molecule has 1 aromatic carbocycles. The fourth-order valence-electron chi connectivity index (χ4n) is 2.22. The molecule has 1 fully saturated rings. The number of carbonyl (C=O) groups is 2. The van der Waals surface area contributed by atoms with Gasteiger partial charge in [0.2, 0.25) is 5.91 Å². The first kappa shape index (κ1) is 14.7. The molecule has 1 aromatic rings. The summed E-state index contributed by atoms with van der Waals surface area (Å²) in [7, 11) is 0. The third-order valence-electron chi connectivity index (χ3n) is 3.41. The van der Waals surface area contributed by atoms with Gasteiger partial charge in [0.25, 0.3) is 5.91 Å². The summed E-state index contributed by atoms with van der Waals surface area (Å²) in [6.07, 6.45) is 1.49. The van der Waals surface area contributed by atoms with Crippen LogP contribution in [0.4, 0.5) is 0 Å². The van der Waals surface area contributed by atoms with Crippen molar-refractivity contribution in [1.82, 2.24) is 4.90 Å². The molecule has 1 atom stereocenters. The van der Waals surface area contributed by atoms with Crippen LogP contribution < -0.4 is 0 Å². The highest BCUT2D eigenvalue weighted by Crippen LogP contribution is 2.22. The van der Waals surface area contributed by atoms with Crippen LogP contribution in [-0.2, 0) is 9.53 Å². The van der Waals surface area contributed by atoms with Gasteiger partial charge >= 0.3 is 0 Å². The lowest BCUT2D eigenvalue weighted by atomic mass is 10.1. The summed E-state index contributed by atoms with van der Waals surface area (Å²) in [4.78, 5) is 25.6. The average Bonchev–Trinajstić information content (AvgIpc) is 2.80. The molecule has 0 saturated carbocycles. The number of rotatable bonds is 5. The monoisotopic (exact) mass is 275 g/mol. The summed E-state index contributed by atoms with van der Waals surface area (Å²) in [5, 5.41) is 0. The molecule has 0 aliphatic carbocycles. The molecular weight excluding hydrogens is 254 g/mol. The molecule has 1 aliphatic heterocycles. The number of amides is 2. The van der Waals surface area contributed by atoms with Crippen molar-refractivity contribution < 1.29 is 14.3 Å². The number of nitrogens with zero attached hydrogens (tertiary/aromatic N) is 1. The molecule has 2 amide bonds. The van der Waals surface area contributed by atoms with E-state index < -0.39 is 6.23 Å². The van der Waals surface area contributed by atoms with Gasteiger partial charge in [0.1, 0.15) is 6.23 Å². The highest BCUT2D eigenvalue weighted by atomic mass is 16.5. The fraction of sp³-hybridized carbons (Fsp3) is 0.500. The summed E-state index contributed by atoms with van der Waals surface area (Å²) in [6.45, 7) is 4.82. The Kier molecular flexibility index (Phi) is 4.90. The zero-order valence-corrected chi connectivity index (χ0v) is 12.0. The number of likely N-dealkylation sites (tertiary alicyclic amines) is 1. The minimum absolute atomic E-state index is 0.145. The molecule has 0 aromatic heterocycles. The summed E-state index contributed by atoms with van der Waals surface area (Å²) < 4.78 is 5.72. The van der Waals surface area contributed by atoms with E-state index in [0.717, 1.165) is 6.42 Å². The SMILES string of the molecule is CC(C)CCOC1CCC(=O)N1C(=O)c1ccccc1. The first-order chi connectivity index (χ1) is 9.59. The maximum Gasteiger partial charge on any atom is 0.262 e. The van der Waals surface area contributed by atoms with E-state index in [1.807, 2.05) is 6.07 Å². The molecule has 1 saturated heterocycles. The van der Waals surface area contributed by atoms with E-state index in [0.29, 0.717) is 30.9 Å². The molecule has 0 N–H and O–H groups in total. The lowest BCUT2D eigenvalue weighted by Crippen LogP contribution is -2.40. The third-order valence-corrected chi connectivity index (χ3v) is 3.41. The second-order valence-corrected chi connectivity index (χ2v) is 5.48. The van der Waals surface area contributed by atoms with Gasteiger partial charge in [0, 0.05) is 25.0 Å². The quantitative estimate of drug-likeness (QED) is 0.776. The zero-order chi connectivity index (χ0) is 14.5. The molecule has 1 unspecified atom stereocenters. The van der Waals surface area contributed by atoms with Crippen molar-refractivity contribution in [3.63, 3.8) is 0 Å². The number of benzene rings is 1. The van der Waals surface area contributed by atoms with Crippen LogP contribution >= 0.6 is 0 Å². The van der Waals surface area contributed by atoms with E-state index in [1.165, 1.54) is 4.90 Å². The van der Waals surface area contributed by atoms with Gasteiger partial charge in [-0.15, -0.1) is 0 Å². The average molecular weight is 275 g/mol. The predicted octanol–water partition coefficient (Wildman–Crippen LogP) is 2.84. The summed E-state index contributed by atoms with van der Waals surface area (Å²) in [5.41, 5.74) is 0.528. The lowest BCUT2D eigenvalue weighted by molar-refractivity contribution is -0.131. The Morgan fingerprint density at radius 2 is 2.05 bits per heavy atom. The van der Waals surface area contributed by atoms with Crippen LogP contribution in [-0.4, -0.2) is 29.5 Å². The molecule has 1 aliphatic rings. The highest BCUT2D eigenvalue weighted by molar-refractivity contribution is 6.05. The highest BCUT2D eigenvalue weighted by Gasteiger charge is 2.36. The molecule has 1 heterocycles. The Balaban J connectivity index is 2.03. The van der Waals surface area contributed by atoms with Crippen LogP contribution in [0.3, 0.4) is 0 Å². The Labute approximate surface area is 119 Å². The molecule has 2 rings (SSSR count). The smallest absolute Gasteiger partial charge is 0.262 e. The summed E-state index contributed by atoms with van der Waals surface area (Å²) in [6, 6.07) is 8.88.